The van der Waals surface area contributed by atoms with Crippen molar-refractivity contribution in [3.63, 3.8) is 0 Å². The molecule has 178 valence electrons. The van der Waals surface area contributed by atoms with Crippen molar-refractivity contribution >= 4 is 40.5 Å². The van der Waals surface area contributed by atoms with Crippen molar-refractivity contribution in [1.29, 1.82) is 0 Å². The number of rotatable bonds is 8. The van der Waals surface area contributed by atoms with Crippen molar-refractivity contribution in [3.8, 4) is 5.75 Å². The van der Waals surface area contributed by atoms with Crippen LogP contribution >= 0.6 is 23.2 Å². The molecule has 1 amide bonds. The molecule has 2 heterocycles. The van der Waals surface area contributed by atoms with Crippen molar-refractivity contribution in [2.45, 2.75) is 44.4 Å². The minimum atomic E-state index is -1.30. The molecule has 2 aliphatic rings. The topological polar surface area (TPSA) is 76.7 Å². The lowest BCUT2D eigenvalue weighted by Gasteiger charge is -2.40. The van der Waals surface area contributed by atoms with Crippen LogP contribution in [-0.4, -0.2) is 52.9 Å². The molecule has 1 aromatic carbocycles. The Kier molecular flexibility index (Phi) is 8.80. The molecule has 0 radical (unpaired) electrons. The Morgan fingerprint density at radius 2 is 1.97 bits per heavy atom. The van der Waals surface area contributed by atoms with Gasteiger partial charge in [-0.05, 0) is 45.6 Å². The molecule has 1 aromatic rings. The highest BCUT2D eigenvalue weighted by molar-refractivity contribution is 7.90. The number of nitrogens with one attached hydrogen (secondary N) is 2. The maximum Gasteiger partial charge on any atom is 0.228 e. The molecule has 9 heteroatoms. The predicted octanol–water partition coefficient (Wildman–Crippen LogP) is 4.11. The average Bonchev–Trinajstić information content (AvgIpc) is 2.70. The summed E-state index contributed by atoms with van der Waals surface area (Å²) < 4.78 is 21.9. The summed E-state index contributed by atoms with van der Waals surface area (Å²) in [5.74, 6) is 1.09. The minimum Gasteiger partial charge on any atom is -0.598 e. The molecule has 2 atom stereocenters. The standard InChI is InChI=1S/C23H33Cl2N3O3S/c1-5-10-31-20-12-19(25)18(24)11-17(20)21(27-32(30)23(2,3)4)15-6-8-28(9-7-15)22(29)16-13-26-14-16/h5,11-12,15-16,21,26-27H,1,6-10,13-14H2,2-4H3/t21-,32+/m1/s1. The van der Waals surface area contributed by atoms with Gasteiger partial charge in [-0.1, -0.05) is 35.9 Å². The zero-order chi connectivity index (χ0) is 23.5. The van der Waals surface area contributed by atoms with E-state index in [-0.39, 0.29) is 23.8 Å². The fourth-order valence-electron chi connectivity index (χ4n) is 3.94. The van der Waals surface area contributed by atoms with E-state index in [1.54, 1.807) is 18.2 Å². The number of carbonyl (C=O) groups excluding carboxylic acids is 1. The maximum absolute atomic E-state index is 13.1. The summed E-state index contributed by atoms with van der Waals surface area (Å²) in [6.45, 7) is 12.7. The first-order valence-corrected chi connectivity index (χ1v) is 12.9. The van der Waals surface area contributed by atoms with Crippen molar-refractivity contribution in [1.82, 2.24) is 14.9 Å². The summed E-state index contributed by atoms with van der Waals surface area (Å²) in [4.78, 5) is 14.6. The van der Waals surface area contributed by atoms with Gasteiger partial charge in [0.05, 0.1) is 22.0 Å². The predicted molar refractivity (Wildman–Crippen MR) is 132 cm³/mol. The van der Waals surface area contributed by atoms with Gasteiger partial charge in [0.15, 0.2) is 0 Å². The number of carbonyl (C=O) groups is 1. The second kappa shape index (κ2) is 11.0. The van der Waals surface area contributed by atoms with Crippen molar-refractivity contribution in [2.24, 2.45) is 11.8 Å². The van der Waals surface area contributed by atoms with E-state index in [4.69, 9.17) is 27.9 Å². The van der Waals surface area contributed by atoms with E-state index in [0.29, 0.717) is 35.5 Å². The third kappa shape index (κ3) is 6.13. The third-order valence-electron chi connectivity index (χ3n) is 5.99. The number of ether oxygens (including phenoxy) is 1. The molecule has 0 saturated carbocycles. The van der Waals surface area contributed by atoms with Gasteiger partial charge in [0.2, 0.25) is 5.91 Å². The zero-order valence-electron chi connectivity index (χ0n) is 19.0. The molecular weight excluding hydrogens is 469 g/mol. The van der Waals surface area contributed by atoms with Gasteiger partial charge < -0.3 is 19.5 Å². The SMILES string of the molecule is C=CCOc1cc(Cl)c(Cl)cc1[C@H](N[S@@+]([O-])C(C)(C)C)C1CCN(C(=O)C2CNC2)CC1. The van der Waals surface area contributed by atoms with E-state index in [9.17, 15) is 9.35 Å². The Morgan fingerprint density at radius 3 is 2.50 bits per heavy atom. The molecule has 2 saturated heterocycles. The Bertz CT molecular complexity index is 821. The van der Waals surface area contributed by atoms with E-state index >= 15 is 0 Å². The van der Waals surface area contributed by atoms with Crippen LogP contribution in [0.5, 0.6) is 5.75 Å². The van der Waals surface area contributed by atoms with E-state index in [1.165, 1.54) is 0 Å². The highest BCUT2D eigenvalue weighted by atomic mass is 35.5. The summed E-state index contributed by atoms with van der Waals surface area (Å²) in [6, 6.07) is 3.25. The Morgan fingerprint density at radius 1 is 1.34 bits per heavy atom. The lowest BCUT2D eigenvalue weighted by atomic mass is 9.85. The fourth-order valence-corrected chi connectivity index (χ4v) is 5.17. The van der Waals surface area contributed by atoms with Crippen LogP contribution in [0.15, 0.2) is 24.8 Å². The van der Waals surface area contributed by atoms with Gasteiger partial charge in [-0.3, -0.25) is 4.79 Å². The third-order valence-corrected chi connectivity index (χ3v) is 8.29. The lowest BCUT2D eigenvalue weighted by Crippen LogP contribution is -2.54. The molecule has 2 N–H and O–H groups in total. The molecule has 0 bridgehead atoms. The molecule has 32 heavy (non-hydrogen) atoms. The molecule has 0 spiro atoms. The fraction of sp³-hybridized carbons (Fsp3) is 0.609. The summed E-state index contributed by atoms with van der Waals surface area (Å²) in [7, 11) is 0. The van der Waals surface area contributed by atoms with E-state index in [1.807, 2.05) is 25.7 Å². The normalized spacial score (nSPS) is 19.9. The molecule has 6 nitrogen and oxygen atoms in total. The summed E-state index contributed by atoms with van der Waals surface area (Å²) in [6.07, 6.45) is 3.26. The summed E-state index contributed by atoms with van der Waals surface area (Å²) in [5.41, 5.74) is 0.826. The maximum atomic E-state index is 13.1. The summed E-state index contributed by atoms with van der Waals surface area (Å²) in [5, 5.41) is 3.99. The van der Waals surface area contributed by atoms with Crippen LogP contribution in [-0.2, 0) is 16.2 Å². The quantitative estimate of drug-likeness (QED) is 0.414. The molecule has 0 aliphatic carbocycles. The van der Waals surface area contributed by atoms with Gasteiger partial charge in [0, 0.05) is 49.2 Å². The Balaban J connectivity index is 1.85. The lowest BCUT2D eigenvalue weighted by molar-refractivity contribution is -0.138. The number of amides is 1. The van der Waals surface area contributed by atoms with E-state index in [2.05, 4.69) is 16.6 Å². The van der Waals surface area contributed by atoms with Crippen LogP contribution in [0.4, 0.5) is 0 Å². The van der Waals surface area contributed by atoms with Crippen molar-refractivity contribution < 1.29 is 14.1 Å². The van der Waals surface area contributed by atoms with Gasteiger partial charge in [-0.15, -0.1) is 4.72 Å². The Hall–Kier alpha value is -0.960. The van der Waals surface area contributed by atoms with Crippen LogP contribution in [0.25, 0.3) is 0 Å². The number of piperidine rings is 1. The molecule has 3 rings (SSSR count). The number of halogens is 2. The van der Waals surface area contributed by atoms with Gasteiger partial charge in [0.25, 0.3) is 0 Å². The number of benzene rings is 1. The number of hydrogen-bond acceptors (Lipinski definition) is 5. The molecule has 0 aromatic heterocycles. The number of hydrogen-bond donors (Lipinski definition) is 2. The van der Waals surface area contributed by atoms with Gasteiger partial charge >= 0.3 is 0 Å². The Labute approximate surface area is 204 Å². The zero-order valence-corrected chi connectivity index (χ0v) is 21.3. The largest absolute Gasteiger partial charge is 0.598 e. The van der Waals surface area contributed by atoms with E-state index in [0.717, 1.165) is 31.5 Å². The minimum absolute atomic E-state index is 0.0999. The van der Waals surface area contributed by atoms with Crippen molar-refractivity contribution in [3.05, 3.63) is 40.4 Å². The first-order chi connectivity index (χ1) is 15.1. The van der Waals surface area contributed by atoms with Crippen LogP contribution in [0, 0.1) is 11.8 Å². The first kappa shape index (κ1) is 25.7. The van der Waals surface area contributed by atoms with Gasteiger partial charge in [-0.25, -0.2) is 0 Å². The number of nitrogens with zero attached hydrogens (tertiary/aromatic N) is 1. The molecule has 0 unspecified atom stereocenters. The highest BCUT2D eigenvalue weighted by Gasteiger charge is 2.38. The van der Waals surface area contributed by atoms with Crippen LogP contribution in [0.2, 0.25) is 10.0 Å². The van der Waals surface area contributed by atoms with Crippen LogP contribution < -0.4 is 14.8 Å². The smallest absolute Gasteiger partial charge is 0.228 e. The monoisotopic (exact) mass is 501 g/mol. The second-order valence-corrected chi connectivity index (χ2v) is 12.2. The van der Waals surface area contributed by atoms with Gasteiger partial charge in [0.1, 0.15) is 17.1 Å². The molecule has 2 aliphatic heterocycles. The number of likely N-dealkylation sites (tertiary alicyclic amines) is 1. The molecular formula is C23H33Cl2N3O3S. The van der Waals surface area contributed by atoms with Crippen LogP contribution in [0.1, 0.15) is 45.2 Å². The molecule has 2 fully saturated rings. The van der Waals surface area contributed by atoms with Crippen molar-refractivity contribution in [2.75, 3.05) is 32.8 Å². The van der Waals surface area contributed by atoms with E-state index < -0.39 is 16.1 Å². The van der Waals surface area contributed by atoms with Crippen LogP contribution in [0.3, 0.4) is 0 Å². The summed E-state index contributed by atoms with van der Waals surface area (Å²) >= 11 is 11.3. The second-order valence-electron chi connectivity index (χ2n) is 9.40. The first-order valence-electron chi connectivity index (χ1n) is 11.0. The highest BCUT2D eigenvalue weighted by Crippen LogP contribution is 2.41. The van der Waals surface area contributed by atoms with Gasteiger partial charge in [-0.2, -0.15) is 0 Å². The average molecular weight is 503 g/mol.